The molecule has 4 atom stereocenters. The van der Waals surface area contributed by atoms with E-state index < -0.39 is 36.2 Å². The molecular weight excluding hydrogens is 498 g/mol. The lowest BCUT2D eigenvalue weighted by atomic mass is 9.84. The normalized spacial score (nSPS) is 27.5. The summed E-state index contributed by atoms with van der Waals surface area (Å²) in [6.07, 6.45) is 3.32. The summed E-state index contributed by atoms with van der Waals surface area (Å²) in [6.45, 7) is 5.44. The maximum absolute atomic E-state index is 12.3. The number of amides is 3. The molecular formula is C26H31N3O9. The van der Waals surface area contributed by atoms with Gasteiger partial charge in [0.15, 0.2) is 5.75 Å². The lowest BCUT2D eigenvalue weighted by Crippen LogP contribution is -2.33. The highest BCUT2D eigenvalue weighted by Gasteiger charge is 2.61. The van der Waals surface area contributed by atoms with Gasteiger partial charge in [0.1, 0.15) is 36.7 Å². The largest absolute Gasteiger partial charge is 0.505 e. The highest BCUT2D eigenvalue weighted by molar-refractivity contribution is 6.03. The van der Waals surface area contributed by atoms with Crippen LogP contribution in [0.25, 0.3) is 0 Å². The number of hydrogen-bond acceptors (Lipinski definition) is 9. The van der Waals surface area contributed by atoms with Crippen molar-refractivity contribution in [3.05, 3.63) is 41.5 Å². The number of anilines is 1. The Hall–Kier alpha value is -4.06. The molecule has 12 heteroatoms. The Balaban J connectivity index is 1.29. The van der Waals surface area contributed by atoms with Crippen LogP contribution in [-0.2, 0) is 23.8 Å². The lowest BCUT2D eigenvalue weighted by Gasteiger charge is -2.20. The number of rotatable bonds is 7. The number of primary amides is 1. The van der Waals surface area contributed by atoms with Gasteiger partial charge in [-0.3, -0.25) is 9.59 Å². The monoisotopic (exact) mass is 529 g/mol. The third kappa shape index (κ3) is 5.59. The van der Waals surface area contributed by atoms with Crippen LogP contribution in [0.1, 0.15) is 43.0 Å². The second-order valence-electron chi connectivity index (χ2n) is 9.67. The summed E-state index contributed by atoms with van der Waals surface area (Å²) in [5, 5.41) is 15.0. The van der Waals surface area contributed by atoms with Gasteiger partial charge in [0.2, 0.25) is 5.91 Å². The quantitative estimate of drug-likeness (QED) is 0.135. The first-order valence-electron chi connectivity index (χ1n) is 12.2. The smallest absolute Gasteiger partial charge is 0.407 e. The molecule has 0 aromatic heterocycles. The number of nitrogens with two attached hydrogens (primary N) is 1. The van der Waals surface area contributed by atoms with Gasteiger partial charge < -0.3 is 40.4 Å². The van der Waals surface area contributed by atoms with Crippen molar-refractivity contribution < 1.29 is 43.2 Å². The number of carbonyl (C=O) groups is 4. The molecule has 2 saturated heterocycles. The molecule has 38 heavy (non-hydrogen) atoms. The molecule has 1 aromatic carbocycles. The van der Waals surface area contributed by atoms with Crippen molar-refractivity contribution in [2.75, 3.05) is 25.6 Å². The van der Waals surface area contributed by atoms with Crippen molar-refractivity contribution in [2.24, 2.45) is 11.7 Å². The van der Waals surface area contributed by atoms with Gasteiger partial charge in [0.25, 0.3) is 5.91 Å². The molecule has 2 heterocycles. The van der Waals surface area contributed by atoms with Crippen LogP contribution < -0.4 is 21.1 Å². The minimum absolute atomic E-state index is 0.00829. The highest BCUT2D eigenvalue weighted by atomic mass is 16.6. The predicted molar refractivity (Wildman–Crippen MR) is 133 cm³/mol. The zero-order valence-corrected chi connectivity index (χ0v) is 21.2. The van der Waals surface area contributed by atoms with Gasteiger partial charge in [0, 0.05) is 11.5 Å². The summed E-state index contributed by atoms with van der Waals surface area (Å²) in [4.78, 5) is 48.2. The van der Waals surface area contributed by atoms with Crippen LogP contribution in [0.5, 0.6) is 11.5 Å². The van der Waals surface area contributed by atoms with Crippen molar-refractivity contribution in [1.29, 1.82) is 0 Å². The van der Waals surface area contributed by atoms with E-state index in [1.54, 1.807) is 0 Å². The van der Waals surface area contributed by atoms with E-state index in [2.05, 4.69) is 17.2 Å². The lowest BCUT2D eigenvalue weighted by molar-refractivity contribution is -0.140. The predicted octanol–water partition coefficient (Wildman–Crippen LogP) is 1.92. The second-order valence-corrected chi connectivity index (χ2v) is 9.67. The number of epoxide rings is 1. The number of benzene rings is 1. The number of phenols is 1. The van der Waals surface area contributed by atoms with Crippen LogP contribution >= 0.6 is 0 Å². The van der Waals surface area contributed by atoms with Gasteiger partial charge in [-0.1, -0.05) is 12.7 Å². The topological polar surface area (TPSA) is 179 Å². The molecule has 0 bridgehead atoms. The van der Waals surface area contributed by atoms with E-state index in [1.165, 1.54) is 19.2 Å². The zero-order chi connectivity index (χ0) is 27.6. The SMILES string of the molecule is C=C1C(=O)O[C@H]2[C@H]1CC/C(COC(=O)NCC(=O)Nc1ccc(OC)c(C(N)=O)c1O)=C\CC[C@@]1(C)O[C@@H]21. The van der Waals surface area contributed by atoms with E-state index in [4.69, 9.17) is 24.7 Å². The van der Waals surface area contributed by atoms with E-state index in [0.29, 0.717) is 24.8 Å². The average molecular weight is 530 g/mol. The number of alkyl carbamates (subject to hydrolysis) is 1. The summed E-state index contributed by atoms with van der Waals surface area (Å²) in [6, 6.07) is 2.70. The number of allylic oxidation sites excluding steroid dienone is 1. The number of esters is 1. The molecule has 5 N–H and O–H groups in total. The molecule has 204 valence electrons. The maximum Gasteiger partial charge on any atom is 0.407 e. The van der Waals surface area contributed by atoms with Crippen molar-refractivity contribution in [3.63, 3.8) is 0 Å². The van der Waals surface area contributed by atoms with Gasteiger partial charge in [0.05, 0.1) is 18.4 Å². The van der Waals surface area contributed by atoms with E-state index in [1.807, 2.05) is 13.0 Å². The number of methoxy groups -OCH3 is 1. The Morgan fingerprint density at radius 1 is 1.32 bits per heavy atom. The minimum atomic E-state index is -0.933. The Kier molecular flexibility index (Phi) is 7.63. The first-order chi connectivity index (χ1) is 18.0. The van der Waals surface area contributed by atoms with Crippen LogP contribution in [0.15, 0.2) is 35.9 Å². The molecule has 0 spiro atoms. The first-order valence-corrected chi connectivity index (χ1v) is 12.2. The van der Waals surface area contributed by atoms with Crippen LogP contribution in [0.3, 0.4) is 0 Å². The molecule has 3 aliphatic rings. The summed E-state index contributed by atoms with van der Waals surface area (Å²) in [5.41, 5.74) is 5.86. The van der Waals surface area contributed by atoms with Crippen LogP contribution in [-0.4, -0.2) is 67.1 Å². The number of carbonyl (C=O) groups excluding carboxylic acids is 4. The standard InChI is InChI=1S/C26H31N3O9/c1-13-15-7-6-14(5-4-10-26(2)22(38-26)21(15)37-24(13)33)12-36-25(34)28-11-18(30)29-16-8-9-17(35-3)19(20(16)31)23(27)32/h5,8-9,15,21-22,31H,1,4,6-7,10-12H2,2-3H3,(H2,27,32)(H,28,34)(H,29,30)/b14-5+/t15-,21-,22-,26+/m0/s1. The molecule has 12 nitrogen and oxygen atoms in total. The Morgan fingerprint density at radius 2 is 2.08 bits per heavy atom. The van der Waals surface area contributed by atoms with E-state index in [0.717, 1.165) is 12.0 Å². The van der Waals surface area contributed by atoms with Crippen molar-refractivity contribution in [3.8, 4) is 11.5 Å². The fourth-order valence-corrected chi connectivity index (χ4v) is 4.89. The van der Waals surface area contributed by atoms with Gasteiger partial charge in [-0.2, -0.15) is 0 Å². The van der Waals surface area contributed by atoms with Gasteiger partial charge in [-0.05, 0) is 50.3 Å². The summed E-state index contributed by atoms with van der Waals surface area (Å²) < 4.78 is 21.7. The summed E-state index contributed by atoms with van der Waals surface area (Å²) in [5.74, 6) is -2.67. The van der Waals surface area contributed by atoms with Crippen LogP contribution in [0.2, 0.25) is 0 Å². The van der Waals surface area contributed by atoms with Crippen molar-refractivity contribution >= 4 is 29.6 Å². The molecule has 0 saturated carbocycles. The van der Waals surface area contributed by atoms with Crippen molar-refractivity contribution in [2.45, 2.75) is 50.4 Å². The molecule has 3 amide bonds. The summed E-state index contributed by atoms with van der Waals surface area (Å²) >= 11 is 0. The van der Waals surface area contributed by atoms with E-state index >= 15 is 0 Å². The molecule has 2 fully saturated rings. The molecule has 4 rings (SSSR count). The Morgan fingerprint density at radius 3 is 2.79 bits per heavy atom. The number of hydrogen-bond donors (Lipinski definition) is 4. The third-order valence-corrected chi connectivity index (χ3v) is 7.10. The van der Waals surface area contributed by atoms with E-state index in [9.17, 15) is 24.3 Å². The molecule has 1 aliphatic carbocycles. The summed E-state index contributed by atoms with van der Waals surface area (Å²) in [7, 11) is 1.30. The number of ether oxygens (including phenoxy) is 4. The number of nitrogens with one attached hydrogen (secondary N) is 2. The Bertz CT molecular complexity index is 1210. The Labute approximate surface area is 219 Å². The minimum Gasteiger partial charge on any atom is -0.505 e. The maximum atomic E-state index is 12.3. The first kappa shape index (κ1) is 27.0. The van der Waals surface area contributed by atoms with Gasteiger partial charge in [-0.15, -0.1) is 0 Å². The number of fused-ring (bicyclic) bond motifs is 3. The van der Waals surface area contributed by atoms with Gasteiger partial charge in [-0.25, -0.2) is 9.59 Å². The molecule has 2 aliphatic heterocycles. The van der Waals surface area contributed by atoms with E-state index in [-0.39, 0.29) is 47.3 Å². The molecule has 0 radical (unpaired) electrons. The zero-order valence-electron chi connectivity index (χ0n) is 21.2. The van der Waals surface area contributed by atoms with Crippen molar-refractivity contribution in [1.82, 2.24) is 5.32 Å². The second kappa shape index (κ2) is 10.7. The highest BCUT2D eigenvalue weighted by Crippen LogP contribution is 2.49. The van der Waals surface area contributed by atoms with Gasteiger partial charge >= 0.3 is 12.1 Å². The van der Waals surface area contributed by atoms with Crippen LogP contribution in [0.4, 0.5) is 10.5 Å². The fourth-order valence-electron chi connectivity index (χ4n) is 4.89. The van der Waals surface area contributed by atoms with Crippen LogP contribution in [0, 0.1) is 5.92 Å². The third-order valence-electron chi connectivity index (χ3n) is 7.10. The molecule has 1 aromatic rings. The number of aromatic hydroxyl groups is 1. The molecule has 0 unspecified atom stereocenters. The average Bonchev–Trinajstić information content (AvgIpc) is 3.46. The fraction of sp³-hybridized carbons (Fsp3) is 0.462.